The molecule has 0 saturated heterocycles. The molecule has 150 valence electrons. The smallest absolute Gasteiger partial charge is 0.240 e. The second-order valence-corrected chi connectivity index (χ2v) is 7.30. The van der Waals surface area contributed by atoms with Crippen molar-refractivity contribution in [3.63, 3.8) is 0 Å². The third kappa shape index (κ3) is 4.68. The van der Waals surface area contributed by atoms with Crippen molar-refractivity contribution < 1.29 is 13.7 Å². The molecule has 1 aliphatic rings. The Bertz CT molecular complexity index is 986. The molecule has 7 heteroatoms. The minimum Gasteiger partial charge on any atom is -0.354 e. The quantitative estimate of drug-likeness (QED) is 0.696. The van der Waals surface area contributed by atoms with Gasteiger partial charge in [0, 0.05) is 13.1 Å². The van der Waals surface area contributed by atoms with Crippen LogP contribution in [0.1, 0.15) is 28.4 Å². The van der Waals surface area contributed by atoms with E-state index >= 15 is 0 Å². The van der Waals surface area contributed by atoms with Crippen LogP contribution in [0.3, 0.4) is 0 Å². The van der Waals surface area contributed by atoms with Crippen molar-refractivity contribution >= 4 is 5.91 Å². The number of aromatic nitrogens is 2. The van der Waals surface area contributed by atoms with Gasteiger partial charge in [-0.1, -0.05) is 41.6 Å². The van der Waals surface area contributed by atoms with Crippen LogP contribution in [-0.2, 0) is 30.7 Å². The maximum Gasteiger partial charge on any atom is 0.240 e. The van der Waals surface area contributed by atoms with Gasteiger partial charge in [0.15, 0.2) is 5.82 Å². The average Bonchev–Trinajstić information content (AvgIpc) is 3.13. The molecule has 0 fully saturated rings. The zero-order chi connectivity index (χ0) is 20.2. The topological polar surface area (TPSA) is 71.3 Å². The zero-order valence-corrected chi connectivity index (χ0v) is 16.3. The first kappa shape index (κ1) is 19.3. The van der Waals surface area contributed by atoms with E-state index in [1.165, 1.54) is 23.3 Å². The molecule has 6 nitrogen and oxygen atoms in total. The number of nitrogens with one attached hydrogen (secondary N) is 1. The number of benzene rings is 2. The van der Waals surface area contributed by atoms with E-state index in [2.05, 4.69) is 32.5 Å². The Morgan fingerprint density at radius 1 is 1.21 bits per heavy atom. The molecule has 2 aromatic carbocycles. The van der Waals surface area contributed by atoms with E-state index in [0.29, 0.717) is 44.2 Å². The van der Waals surface area contributed by atoms with Crippen LogP contribution in [0.25, 0.3) is 0 Å². The Morgan fingerprint density at radius 3 is 2.69 bits per heavy atom. The van der Waals surface area contributed by atoms with Crippen molar-refractivity contribution in [2.75, 3.05) is 6.54 Å². The van der Waals surface area contributed by atoms with E-state index in [0.717, 1.165) is 5.56 Å². The van der Waals surface area contributed by atoms with Gasteiger partial charge in [0.2, 0.25) is 11.8 Å². The van der Waals surface area contributed by atoms with E-state index in [1.54, 1.807) is 19.1 Å². The number of aryl methyl sites for hydroxylation is 1. The van der Waals surface area contributed by atoms with Crippen LogP contribution in [0.4, 0.5) is 4.39 Å². The first-order chi connectivity index (χ1) is 14.1. The lowest BCUT2D eigenvalue weighted by Gasteiger charge is -2.35. The Hall–Kier alpha value is -3.06. The summed E-state index contributed by atoms with van der Waals surface area (Å²) < 4.78 is 18.3. The second kappa shape index (κ2) is 8.53. The number of amides is 1. The van der Waals surface area contributed by atoms with E-state index < -0.39 is 0 Å². The lowest BCUT2D eigenvalue weighted by molar-refractivity contribution is -0.127. The van der Waals surface area contributed by atoms with Crippen LogP contribution < -0.4 is 5.32 Å². The summed E-state index contributed by atoms with van der Waals surface area (Å²) in [5.74, 6) is 0.798. The summed E-state index contributed by atoms with van der Waals surface area (Å²) in [6, 6.07) is 14.2. The summed E-state index contributed by atoms with van der Waals surface area (Å²) in [7, 11) is 0. The molecule has 0 bridgehead atoms. The highest BCUT2D eigenvalue weighted by molar-refractivity contribution is 5.82. The van der Waals surface area contributed by atoms with Gasteiger partial charge in [0.25, 0.3) is 0 Å². The van der Waals surface area contributed by atoms with Crippen LogP contribution in [0.5, 0.6) is 0 Å². The number of rotatable bonds is 6. The lowest BCUT2D eigenvalue weighted by atomic mass is 9.93. The van der Waals surface area contributed by atoms with Gasteiger partial charge in [-0.2, -0.15) is 4.98 Å². The highest BCUT2D eigenvalue weighted by Crippen LogP contribution is 2.25. The molecule has 4 rings (SSSR count). The molecular weight excluding hydrogens is 371 g/mol. The molecule has 1 atom stereocenters. The number of carbonyl (C=O) groups is 1. The number of hydrogen-bond acceptors (Lipinski definition) is 5. The highest BCUT2D eigenvalue weighted by atomic mass is 19.1. The Kier molecular flexibility index (Phi) is 5.67. The van der Waals surface area contributed by atoms with Crippen molar-refractivity contribution in [1.82, 2.24) is 20.4 Å². The first-order valence-corrected chi connectivity index (χ1v) is 9.70. The zero-order valence-electron chi connectivity index (χ0n) is 16.3. The Balaban J connectivity index is 1.44. The standard InChI is InChI=1S/C22H23FN4O2/c1-15-25-21(29-26-15)14-27-13-18-5-3-2-4-17(18)12-20(27)22(28)24-11-10-16-6-8-19(23)9-7-16/h2-9,20H,10-14H2,1H3,(H,24,28)/t20-/m1/s1. The molecule has 29 heavy (non-hydrogen) atoms. The Morgan fingerprint density at radius 2 is 1.97 bits per heavy atom. The fourth-order valence-corrected chi connectivity index (χ4v) is 3.68. The molecular formula is C22H23FN4O2. The summed E-state index contributed by atoms with van der Waals surface area (Å²) in [6.45, 7) is 3.34. The van der Waals surface area contributed by atoms with Crippen LogP contribution in [-0.4, -0.2) is 33.5 Å². The third-order valence-electron chi connectivity index (χ3n) is 5.18. The molecule has 1 aromatic heterocycles. The molecule has 0 aliphatic carbocycles. The number of fused-ring (bicyclic) bond motifs is 1. The highest BCUT2D eigenvalue weighted by Gasteiger charge is 2.32. The summed E-state index contributed by atoms with van der Waals surface area (Å²) in [5, 5.41) is 6.87. The summed E-state index contributed by atoms with van der Waals surface area (Å²) in [6.07, 6.45) is 1.28. The SMILES string of the molecule is Cc1noc(CN2Cc3ccccc3C[C@@H]2C(=O)NCCc2ccc(F)cc2)n1. The monoisotopic (exact) mass is 394 g/mol. The molecule has 0 radical (unpaired) electrons. The van der Waals surface area contributed by atoms with E-state index in [1.807, 2.05) is 12.1 Å². The van der Waals surface area contributed by atoms with Crippen molar-refractivity contribution in [3.8, 4) is 0 Å². The van der Waals surface area contributed by atoms with Gasteiger partial charge in [-0.05, 0) is 48.6 Å². The van der Waals surface area contributed by atoms with Crippen molar-refractivity contribution in [2.45, 2.75) is 38.9 Å². The molecule has 2 heterocycles. The van der Waals surface area contributed by atoms with Crippen LogP contribution >= 0.6 is 0 Å². The first-order valence-electron chi connectivity index (χ1n) is 9.70. The largest absolute Gasteiger partial charge is 0.354 e. The summed E-state index contributed by atoms with van der Waals surface area (Å²) in [5.41, 5.74) is 3.38. The van der Waals surface area contributed by atoms with Gasteiger partial charge in [-0.25, -0.2) is 4.39 Å². The van der Waals surface area contributed by atoms with Crippen LogP contribution in [0, 0.1) is 12.7 Å². The van der Waals surface area contributed by atoms with Crippen molar-refractivity contribution in [2.24, 2.45) is 0 Å². The molecule has 1 amide bonds. The van der Waals surface area contributed by atoms with Crippen LogP contribution in [0.15, 0.2) is 53.1 Å². The van der Waals surface area contributed by atoms with Crippen LogP contribution in [0.2, 0.25) is 0 Å². The van der Waals surface area contributed by atoms with E-state index in [4.69, 9.17) is 4.52 Å². The fourth-order valence-electron chi connectivity index (χ4n) is 3.68. The van der Waals surface area contributed by atoms with Gasteiger partial charge in [0.1, 0.15) is 5.82 Å². The molecule has 3 aromatic rings. The third-order valence-corrected chi connectivity index (χ3v) is 5.18. The summed E-state index contributed by atoms with van der Waals surface area (Å²) in [4.78, 5) is 19.3. The predicted molar refractivity (Wildman–Crippen MR) is 105 cm³/mol. The summed E-state index contributed by atoms with van der Waals surface area (Å²) >= 11 is 0. The van der Waals surface area contributed by atoms with E-state index in [-0.39, 0.29) is 17.8 Å². The maximum atomic E-state index is 13.0. The Labute approximate surface area is 168 Å². The number of nitrogens with zero attached hydrogens (tertiary/aromatic N) is 3. The number of carbonyl (C=O) groups excluding carboxylic acids is 1. The predicted octanol–water partition coefficient (Wildman–Crippen LogP) is 2.80. The lowest BCUT2D eigenvalue weighted by Crippen LogP contribution is -2.50. The van der Waals surface area contributed by atoms with Gasteiger partial charge >= 0.3 is 0 Å². The number of halogens is 1. The molecule has 0 unspecified atom stereocenters. The molecule has 0 saturated carbocycles. The second-order valence-electron chi connectivity index (χ2n) is 7.30. The minimum atomic E-state index is -0.315. The van der Waals surface area contributed by atoms with Gasteiger partial charge in [-0.3, -0.25) is 9.69 Å². The van der Waals surface area contributed by atoms with Gasteiger partial charge in [0.05, 0.1) is 12.6 Å². The molecule has 1 aliphatic heterocycles. The molecule has 0 spiro atoms. The minimum absolute atomic E-state index is 0.0298. The molecule has 1 N–H and O–H groups in total. The van der Waals surface area contributed by atoms with Crippen molar-refractivity contribution in [1.29, 1.82) is 0 Å². The number of hydrogen-bond donors (Lipinski definition) is 1. The normalized spacial score (nSPS) is 16.4. The van der Waals surface area contributed by atoms with Gasteiger partial charge < -0.3 is 9.84 Å². The average molecular weight is 394 g/mol. The fraction of sp³-hybridized carbons (Fsp3) is 0.318. The van der Waals surface area contributed by atoms with Gasteiger partial charge in [-0.15, -0.1) is 0 Å². The van der Waals surface area contributed by atoms with Crippen molar-refractivity contribution in [3.05, 3.63) is 82.8 Å². The maximum absolute atomic E-state index is 13.0. The van der Waals surface area contributed by atoms with E-state index in [9.17, 15) is 9.18 Å².